The molecule has 3 aromatic rings. The monoisotopic (exact) mass is 490 g/mol. The molecule has 1 amide bonds. The van der Waals surface area contributed by atoms with Crippen molar-refractivity contribution in [1.29, 1.82) is 0 Å². The van der Waals surface area contributed by atoms with E-state index < -0.39 is 5.97 Å². The fourth-order valence-electron chi connectivity index (χ4n) is 4.45. The molecule has 9 nitrogen and oxygen atoms in total. The van der Waals surface area contributed by atoms with Crippen LogP contribution >= 0.6 is 0 Å². The van der Waals surface area contributed by atoms with E-state index in [4.69, 9.17) is 9.84 Å². The Morgan fingerprint density at radius 3 is 2.36 bits per heavy atom. The van der Waals surface area contributed by atoms with E-state index >= 15 is 0 Å². The predicted octanol–water partition coefficient (Wildman–Crippen LogP) is 4.28. The van der Waals surface area contributed by atoms with Crippen LogP contribution in [0.2, 0.25) is 0 Å². The molecule has 1 aliphatic heterocycles. The number of ketones is 1. The number of pyridine rings is 1. The molecule has 0 radical (unpaired) electrons. The molecule has 0 spiro atoms. The van der Waals surface area contributed by atoms with Crippen LogP contribution in [0.25, 0.3) is 11.3 Å². The molecule has 0 bridgehead atoms. The first-order valence-corrected chi connectivity index (χ1v) is 12.1. The number of aryl methyl sites for hydroxylation is 1. The summed E-state index contributed by atoms with van der Waals surface area (Å²) >= 11 is 0. The molecule has 36 heavy (non-hydrogen) atoms. The number of hydrogen-bond acceptors (Lipinski definition) is 6. The van der Waals surface area contributed by atoms with Crippen LogP contribution in [-0.4, -0.2) is 62.6 Å². The van der Waals surface area contributed by atoms with E-state index in [-0.39, 0.29) is 23.3 Å². The smallest absolute Gasteiger partial charge is 0.335 e. The van der Waals surface area contributed by atoms with Crippen molar-refractivity contribution in [2.24, 2.45) is 0 Å². The maximum Gasteiger partial charge on any atom is 0.335 e. The van der Waals surface area contributed by atoms with E-state index in [1.54, 1.807) is 40.0 Å². The highest BCUT2D eigenvalue weighted by molar-refractivity contribution is 5.97. The molecule has 0 saturated carbocycles. The molecule has 1 aromatic carbocycles. The van der Waals surface area contributed by atoms with Crippen LogP contribution in [0.5, 0.6) is 5.88 Å². The van der Waals surface area contributed by atoms with E-state index in [1.807, 2.05) is 13.8 Å². The lowest BCUT2D eigenvalue weighted by molar-refractivity contribution is 0.0695. The quantitative estimate of drug-likeness (QED) is 0.567. The van der Waals surface area contributed by atoms with E-state index in [0.29, 0.717) is 67.2 Å². The number of methoxy groups -OCH3 is 1. The number of Topliss-reactive ketones (excluding diaryl/α,β-unsaturated/α-hetero) is 1. The third kappa shape index (κ3) is 5.30. The van der Waals surface area contributed by atoms with Crippen LogP contribution in [0.4, 0.5) is 0 Å². The van der Waals surface area contributed by atoms with Gasteiger partial charge in [-0.2, -0.15) is 5.10 Å². The number of carboxylic acid groups (broad SMARTS) is 1. The van der Waals surface area contributed by atoms with Gasteiger partial charge >= 0.3 is 5.97 Å². The van der Waals surface area contributed by atoms with Gasteiger partial charge in [0.1, 0.15) is 5.69 Å². The van der Waals surface area contributed by atoms with Gasteiger partial charge in [-0.15, -0.1) is 0 Å². The number of ether oxygens (including phenoxy) is 1. The Bertz CT molecular complexity index is 1280. The first-order valence-electron chi connectivity index (χ1n) is 12.1. The fourth-order valence-corrected chi connectivity index (χ4v) is 4.45. The molecular weight excluding hydrogens is 460 g/mol. The Kier molecular flexibility index (Phi) is 7.47. The van der Waals surface area contributed by atoms with Crippen molar-refractivity contribution < 1.29 is 24.2 Å². The van der Waals surface area contributed by atoms with E-state index in [0.717, 1.165) is 5.56 Å². The highest BCUT2D eigenvalue weighted by Crippen LogP contribution is 2.25. The van der Waals surface area contributed by atoms with Crippen molar-refractivity contribution in [3.05, 3.63) is 65.0 Å². The highest BCUT2D eigenvalue weighted by atomic mass is 16.5. The molecule has 3 heterocycles. The Hall–Kier alpha value is -4.01. The van der Waals surface area contributed by atoms with Crippen molar-refractivity contribution in [1.82, 2.24) is 19.7 Å². The van der Waals surface area contributed by atoms with Gasteiger partial charge < -0.3 is 14.7 Å². The molecule has 1 aliphatic rings. The van der Waals surface area contributed by atoms with Gasteiger partial charge in [0, 0.05) is 48.3 Å². The Labute approximate surface area is 209 Å². The summed E-state index contributed by atoms with van der Waals surface area (Å²) in [6, 6.07) is 9.71. The zero-order chi connectivity index (χ0) is 25.8. The minimum atomic E-state index is -1.01. The van der Waals surface area contributed by atoms with Gasteiger partial charge in [-0.1, -0.05) is 12.1 Å². The van der Waals surface area contributed by atoms with Crippen LogP contribution in [0.3, 0.4) is 0 Å². The van der Waals surface area contributed by atoms with Gasteiger partial charge in [0.05, 0.1) is 24.6 Å². The van der Waals surface area contributed by atoms with Gasteiger partial charge in [0.25, 0.3) is 5.91 Å². The maximum atomic E-state index is 13.5. The SMILES string of the molecule is COc1cc(C(=O)N2CCCC(=O)c3c(cnn3C(C)C)CCC2)cc(-c2ccc(C(=O)O)cc2)n1. The number of nitrogens with zero attached hydrogens (tertiary/aromatic N) is 4. The van der Waals surface area contributed by atoms with Crippen LogP contribution < -0.4 is 4.74 Å². The van der Waals surface area contributed by atoms with Gasteiger partial charge in [0.15, 0.2) is 5.78 Å². The Balaban J connectivity index is 1.57. The number of aromatic nitrogens is 3. The molecule has 0 unspecified atom stereocenters. The minimum Gasteiger partial charge on any atom is -0.481 e. The number of rotatable bonds is 5. The van der Waals surface area contributed by atoms with Crippen molar-refractivity contribution >= 4 is 17.7 Å². The van der Waals surface area contributed by atoms with Crippen LogP contribution in [0, 0.1) is 0 Å². The Morgan fingerprint density at radius 2 is 1.72 bits per heavy atom. The van der Waals surface area contributed by atoms with Crippen molar-refractivity contribution in [2.45, 2.75) is 45.6 Å². The number of benzene rings is 1. The Morgan fingerprint density at radius 1 is 1.03 bits per heavy atom. The van der Waals surface area contributed by atoms with Crippen molar-refractivity contribution in [3.8, 4) is 17.1 Å². The van der Waals surface area contributed by atoms with E-state index in [9.17, 15) is 14.4 Å². The topological polar surface area (TPSA) is 115 Å². The second-order valence-corrected chi connectivity index (χ2v) is 9.15. The van der Waals surface area contributed by atoms with Crippen molar-refractivity contribution in [2.75, 3.05) is 20.2 Å². The van der Waals surface area contributed by atoms with Gasteiger partial charge in [-0.05, 0) is 51.3 Å². The third-order valence-corrected chi connectivity index (χ3v) is 6.30. The summed E-state index contributed by atoms with van der Waals surface area (Å²) in [5.74, 6) is -0.824. The summed E-state index contributed by atoms with van der Waals surface area (Å²) in [6.45, 7) is 5.03. The molecule has 0 saturated heterocycles. The summed E-state index contributed by atoms with van der Waals surface area (Å²) < 4.78 is 7.14. The average molecular weight is 491 g/mol. The lowest BCUT2D eigenvalue weighted by Crippen LogP contribution is -2.34. The van der Waals surface area contributed by atoms with Crippen LogP contribution in [0.15, 0.2) is 42.6 Å². The number of carbonyl (C=O) groups excluding carboxylic acids is 2. The molecular formula is C27H30N4O5. The number of hydrogen-bond donors (Lipinski definition) is 1. The summed E-state index contributed by atoms with van der Waals surface area (Å²) in [5, 5.41) is 13.6. The normalized spacial score (nSPS) is 14.4. The molecule has 4 rings (SSSR count). The first kappa shape index (κ1) is 25.1. The van der Waals surface area contributed by atoms with Crippen molar-refractivity contribution in [3.63, 3.8) is 0 Å². The molecule has 2 aromatic heterocycles. The van der Waals surface area contributed by atoms with Gasteiger partial charge in [-0.3, -0.25) is 14.3 Å². The summed E-state index contributed by atoms with van der Waals surface area (Å²) in [6.07, 6.45) is 4.05. The first-order chi connectivity index (χ1) is 17.3. The van der Waals surface area contributed by atoms with Crippen LogP contribution in [0.1, 0.15) is 75.9 Å². The fraction of sp³-hybridized carbons (Fsp3) is 0.370. The zero-order valence-corrected chi connectivity index (χ0v) is 20.7. The van der Waals surface area contributed by atoms with E-state index in [2.05, 4.69) is 10.1 Å². The summed E-state index contributed by atoms with van der Waals surface area (Å²) in [4.78, 5) is 43.9. The highest BCUT2D eigenvalue weighted by Gasteiger charge is 2.24. The average Bonchev–Trinajstić information content (AvgIpc) is 3.31. The summed E-state index contributed by atoms with van der Waals surface area (Å²) in [5.41, 5.74) is 3.41. The third-order valence-electron chi connectivity index (χ3n) is 6.30. The van der Waals surface area contributed by atoms with Gasteiger partial charge in [-0.25, -0.2) is 9.78 Å². The molecule has 1 N–H and O–H groups in total. The lowest BCUT2D eigenvalue weighted by Gasteiger charge is -2.24. The number of carboxylic acids is 1. The van der Waals surface area contributed by atoms with Gasteiger partial charge in [0.2, 0.25) is 5.88 Å². The largest absolute Gasteiger partial charge is 0.481 e. The standard InChI is InChI=1S/C27H30N4O5/c1-17(2)31-25-20(16-28-31)6-4-12-30(13-5-7-23(25)32)26(33)21-14-22(29-24(15-21)36-3)18-8-10-19(11-9-18)27(34)35/h8-11,14-17H,4-7,12-13H2,1-3H3,(H,34,35). The molecule has 188 valence electrons. The molecule has 0 fully saturated rings. The molecule has 9 heteroatoms. The van der Waals surface area contributed by atoms with E-state index in [1.165, 1.54) is 19.2 Å². The number of aromatic carboxylic acids is 1. The zero-order valence-electron chi connectivity index (χ0n) is 20.7. The maximum absolute atomic E-state index is 13.5. The number of amides is 1. The molecule has 0 aliphatic carbocycles. The second-order valence-electron chi connectivity index (χ2n) is 9.15. The number of carbonyl (C=O) groups is 3. The van der Waals surface area contributed by atoms with Crippen LogP contribution in [-0.2, 0) is 6.42 Å². The summed E-state index contributed by atoms with van der Waals surface area (Å²) in [7, 11) is 1.48. The minimum absolute atomic E-state index is 0.0585. The lowest BCUT2D eigenvalue weighted by atomic mass is 10.0. The second kappa shape index (κ2) is 10.7. The molecule has 0 atom stereocenters. The number of fused-ring (bicyclic) bond motifs is 1. The predicted molar refractivity (Wildman–Crippen MR) is 134 cm³/mol.